The average molecular weight is 563 g/mol. The van der Waals surface area contributed by atoms with Crippen LogP contribution in [-0.2, 0) is 26.2 Å². The smallest absolute Gasteiger partial charge is 0.244 e. The third-order valence-corrected chi connectivity index (χ3v) is 7.41. The molecule has 7 nitrogen and oxygen atoms in total. The maximum absolute atomic E-state index is 13.5. The summed E-state index contributed by atoms with van der Waals surface area (Å²) in [6.07, 6.45) is 1.01. The Hall–Kier alpha value is -2.00. The number of sulfonamides is 1. The highest BCUT2D eigenvalue weighted by Gasteiger charge is 2.31. The van der Waals surface area contributed by atoms with E-state index < -0.39 is 34.1 Å². The second-order valence-corrected chi connectivity index (χ2v) is 12.5. The minimum atomic E-state index is -3.85. The molecule has 0 fully saturated rings. The summed E-state index contributed by atoms with van der Waals surface area (Å²) in [5, 5.41) is 3.88. The van der Waals surface area contributed by atoms with Crippen LogP contribution in [0.1, 0.15) is 38.8 Å². The minimum absolute atomic E-state index is 0.0146. The number of hydrogen-bond acceptors (Lipinski definition) is 4. The molecular weight excluding hydrogens is 533 g/mol. The van der Waals surface area contributed by atoms with Gasteiger partial charge in [0, 0.05) is 17.1 Å². The average Bonchev–Trinajstić information content (AvgIpc) is 2.72. The van der Waals surface area contributed by atoms with Crippen molar-refractivity contribution in [3.05, 3.63) is 62.6 Å². The quantitative estimate of drug-likeness (QED) is 0.488. The standard InChI is InChI=1S/C24H30Cl3N3O4S/c1-15-7-9-18(12-20(15)26)30(35(6,33)34)14-22(31)29(16(2)23(32)28-24(3,4)5)13-17-8-10-19(25)21(27)11-17/h7-12,16H,13-14H2,1-6H3,(H,28,32)/t16-/m1/s1. The van der Waals surface area contributed by atoms with Crippen molar-refractivity contribution in [2.24, 2.45) is 0 Å². The van der Waals surface area contributed by atoms with E-state index in [-0.39, 0.29) is 18.1 Å². The molecule has 0 bridgehead atoms. The molecule has 2 amide bonds. The Morgan fingerprint density at radius 2 is 1.63 bits per heavy atom. The van der Waals surface area contributed by atoms with Gasteiger partial charge in [0.2, 0.25) is 21.8 Å². The molecule has 0 aliphatic carbocycles. The number of rotatable bonds is 8. The Labute approximate surface area is 222 Å². The molecule has 0 saturated heterocycles. The van der Waals surface area contributed by atoms with E-state index in [4.69, 9.17) is 34.8 Å². The molecule has 35 heavy (non-hydrogen) atoms. The predicted octanol–water partition coefficient (Wildman–Crippen LogP) is 5.05. The zero-order valence-electron chi connectivity index (χ0n) is 20.5. The van der Waals surface area contributed by atoms with E-state index in [2.05, 4.69) is 5.32 Å². The van der Waals surface area contributed by atoms with Crippen molar-refractivity contribution in [2.45, 2.75) is 52.7 Å². The van der Waals surface area contributed by atoms with Crippen molar-refractivity contribution in [2.75, 3.05) is 17.1 Å². The van der Waals surface area contributed by atoms with Crippen LogP contribution in [0.5, 0.6) is 0 Å². The molecule has 192 valence electrons. The first-order valence-corrected chi connectivity index (χ1v) is 13.8. The molecule has 0 aliphatic rings. The summed E-state index contributed by atoms with van der Waals surface area (Å²) in [6.45, 7) is 8.35. The normalized spacial score (nSPS) is 12.7. The highest BCUT2D eigenvalue weighted by Crippen LogP contribution is 2.26. The van der Waals surface area contributed by atoms with Crippen LogP contribution in [0.15, 0.2) is 36.4 Å². The van der Waals surface area contributed by atoms with Gasteiger partial charge in [-0.2, -0.15) is 0 Å². The highest BCUT2D eigenvalue weighted by molar-refractivity contribution is 7.92. The summed E-state index contributed by atoms with van der Waals surface area (Å²) in [6, 6.07) is 8.73. The molecule has 2 aromatic carbocycles. The van der Waals surface area contributed by atoms with E-state index in [0.29, 0.717) is 20.6 Å². The summed E-state index contributed by atoms with van der Waals surface area (Å²) in [5.74, 6) is -0.954. The van der Waals surface area contributed by atoms with Crippen LogP contribution in [0, 0.1) is 6.92 Å². The maximum atomic E-state index is 13.5. The van der Waals surface area contributed by atoms with E-state index in [1.54, 1.807) is 44.2 Å². The summed E-state index contributed by atoms with van der Waals surface area (Å²) in [5.41, 5.74) is 1.12. The lowest BCUT2D eigenvalue weighted by atomic mass is 10.1. The number of aryl methyl sites for hydroxylation is 1. The summed E-state index contributed by atoms with van der Waals surface area (Å²) in [7, 11) is -3.85. The van der Waals surface area contributed by atoms with Gasteiger partial charge in [0.15, 0.2) is 0 Å². The van der Waals surface area contributed by atoms with Crippen molar-refractivity contribution in [3.8, 4) is 0 Å². The lowest BCUT2D eigenvalue weighted by Gasteiger charge is -2.33. The molecule has 0 unspecified atom stereocenters. The van der Waals surface area contributed by atoms with Crippen molar-refractivity contribution < 1.29 is 18.0 Å². The monoisotopic (exact) mass is 561 g/mol. The van der Waals surface area contributed by atoms with Crippen LogP contribution in [0.4, 0.5) is 5.69 Å². The van der Waals surface area contributed by atoms with Crippen molar-refractivity contribution in [3.63, 3.8) is 0 Å². The number of anilines is 1. The third-order valence-electron chi connectivity index (χ3n) is 5.13. The number of amides is 2. The molecule has 0 spiro atoms. The van der Waals surface area contributed by atoms with Gasteiger partial charge in [-0.15, -0.1) is 0 Å². The molecule has 11 heteroatoms. The van der Waals surface area contributed by atoms with Gasteiger partial charge in [0.1, 0.15) is 12.6 Å². The lowest BCUT2D eigenvalue weighted by Crippen LogP contribution is -2.54. The van der Waals surface area contributed by atoms with Crippen LogP contribution < -0.4 is 9.62 Å². The van der Waals surface area contributed by atoms with Gasteiger partial charge in [-0.05, 0) is 70.0 Å². The molecule has 1 N–H and O–H groups in total. The Morgan fingerprint density at radius 3 is 2.14 bits per heavy atom. The summed E-state index contributed by atoms with van der Waals surface area (Å²) in [4.78, 5) is 27.8. The van der Waals surface area contributed by atoms with Crippen molar-refractivity contribution in [1.29, 1.82) is 0 Å². The SMILES string of the molecule is Cc1ccc(N(CC(=O)N(Cc2ccc(Cl)c(Cl)c2)[C@H](C)C(=O)NC(C)(C)C)S(C)(=O)=O)cc1Cl. The third kappa shape index (κ3) is 8.27. The number of nitrogens with zero attached hydrogens (tertiary/aromatic N) is 2. The molecule has 0 radical (unpaired) electrons. The zero-order chi connectivity index (χ0) is 26.7. The molecule has 1 atom stereocenters. The largest absolute Gasteiger partial charge is 0.350 e. The van der Waals surface area contributed by atoms with Gasteiger partial charge in [0.05, 0.1) is 22.0 Å². The Morgan fingerprint density at radius 1 is 1.00 bits per heavy atom. The lowest BCUT2D eigenvalue weighted by molar-refractivity contribution is -0.140. The topological polar surface area (TPSA) is 86.8 Å². The number of benzene rings is 2. The number of carbonyl (C=O) groups excluding carboxylic acids is 2. The Bertz CT molecular complexity index is 1210. The van der Waals surface area contributed by atoms with Crippen LogP contribution in [-0.4, -0.2) is 49.5 Å². The van der Waals surface area contributed by atoms with Gasteiger partial charge < -0.3 is 10.2 Å². The number of carbonyl (C=O) groups is 2. The van der Waals surface area contributed by atoms with Gasteiger partial charge in [-0.3, -0.25) is 13.9 Å². The van der Waals surface area contributed by atoms with Crippen molar-refractivity contribution in [1.82, 2.24) is 10.2 Å². The minimum Gasteiger partial charge on any atom is -0.350 e. The van der Waals surface area contributed by atoms with E-state index in [9.17, 15) is 18.0 Å². The van der Waals surface area contributed by atoms with E-state index in [1.807, 2.05) is 20.8 Å². The van der Waals surface area contributed by atoms with E-state index in [1.165, 1.54) is 11.0 Å². The molecule has 2 aromatic rings. The number of hydrogen-bond donors (Lipinski definition) is 1. The second-order valence-electron chi connectivity index (χ2n) is 9.39. The maximum Gasteiger partial charge on any atom is 0.244 e. The summed E-state index contributed by atoms with van der Waals surface area (Å²) < 4.78 is 26.2. The fraction of sp³-hybridized carbons (Fsp3) is 0.417. The van der Waals surface area contributed by atoms with E-state index >= 15 is 0 Å². The van der Waals surface area contributed by atoms with Crippen LogP contribution in [0.2, 0.25) is 15.1 Å². The van der Waals surface area contributed by atoms with Crippen LogP contribution >= 0.6 is 34.8 Å². The van der Waals surface area contributed by atoms with Crippen molar-refractivity contribution >= 4 is 62.3 Å². The summed E-state index contributed by atoms with van der Waals surface area (Å²) >= 11 is 18.4. The fourth-order valence-electron chi connectivity index (χ4n) is 3.24. The molecule has 2 rings (SSSR count). The first kappa shape index (κ1) is 29.2. The van der Waals surface area contributed by atoms with Gasteiger partial charge in [-0.1, -0.05) is 46.9 Å². The highest BCUT2D eigenvalue weighted by atomic mass is 35.5. The Kier molecular flexibility index (Phi) is 9.50. The molecule has 0 saturated carbocycles. The van der Waals surface area contributed by atoms with Gasteiger partial charge in [-0.25, -0.2) is 8.42 Å². The van der Waals surface area contributed by atoms with E-state index in [0.717, 1.165) is 16.1 Å². The first-order valence-electron chi connectivity index (χ1n) is 10.8. The molecular formula is C24H30Cl3N3O4S. The van der Waals surface area contributed by atoms with Gasteiger partial charge >= 0.3 is 0 Å². The fourth-order valence-corrected chi connectivity index (χ4v) is 4.58. The molecule has 0 aromatic heterocycles. The molecule has 0 heterocycles. The Balaban J connectivity index is 2.45. The second kappa shape index (κ2) is 11.4. The number of halogens is 3. The predicted molar refractivity (Wildman–Crippen MR) is 143 cm³/mol. The van der Waals surface area contributed by atoms with Crippen LogP contribution in [0.3, 0.4) is 0 Å². The zero-order valence-corrected chi connectivity index (χ0v) is 23.6. The van der Waals surface area contributed by atoms with Crippen LogP contribution in [0.25, 0.3) is 0 Å². The first-order chi connectivity index (χ1) is 16.0. The molecule has 0 aliphatic heterocycles. The van der Waals surface area contributed by atoms with Gasteiger partial charge in [0.25, 0.3) is 0 Å². The number of nitrogens with one attached hydrogen (secondary N) is 1.